The Hall–Kier alpha value is -6.03. The van der Waals surface area contributed by atoms with Crippen molar-refractivity contribution < 1.29 is 24.3 Å². The first-order chi connectivity index (χ1) is 26.4. The largest absolute Gasteiger partial charge is 0.477 e. The lowest BCUT2D eigenvalue weighted by Crippen LogP contribution is -2.71. The van der Waals surface area contributed by atoms with Crippen LogP contribution in [0.5, 0.6) is 0 Å². The Morgan fingerprint density at radius 1 is 0.944 bits per heavy atom. The number of benzene rings is 3. The van der Waals surface area contributed by atoms with Crippen LogP contribution in [-0.4, -0.2) is 72.1 Å². The number of thioether (sulfide) groups is 1. The molecular weight excluding hydrogens is 743 g/mol. The second-order valence-electron chi connectivity index (χ2n) is 12.3. The number of thiazole rings is 2. The molecule has 0 radical (unpaired) electrons. The van der Waals surface area contributed by atoms with Gasteiger partial charge in [0.25, 0.3) is 11.8 Å². The maximum absolute atomic E-state index is 13.8. The molecule has 12 nitrogen and oxygen atoms in total. The molecule has 3 N–H and O–H groups in total. The molecule has 2 amide bonds. The van der Waals surface area contributed by atoms with Crippen LogP contribution in [0.15, 0.2) is 137 Å². The summed E-state index contributed by atoms with van der Waals surface area (Å²) in [7, 11) is 1.32. The zero-order valence-corrected chi connectivity index (χ0v) is 31.0. The summed E-state index contributed by atoms with van der Waals surface area (Å²) < 4.78 is 1.90. The van der Waals surface area contributed by atoms with Gasteiger partial charge in [0.2, 0.25) is 0 Å². The van der Waals surface area contributed by atoms with E-state index in [9.17, 15) is 19.5 Å². The standard InChI is InChI=1S/C39H31N7O5S3/c1-51-44-31(29-22-54-38(41-29)43-39(25-11-5-2-6-12-25,26-13-7-3-8-14-26)27-15-9-4-10-16-27)34(47)42-32-35(48)46-33(37(49)50)24(20-53-36(32)46)17-18-28-21-52-30-19-40-23-45(28)30/h2-19,21-23,32,36H,20H2,1H3,(H,41,43)(H,42,47)(H,49,50)/b18-17+,44-31-/t32-,36-/m1/s1. The predicted octanol–water partition coefficient (Wildman–Crippen LogP) is 6.06. The minimum absolute atomic E-state index is 0.109. The van der Waals surface area contributed by atoms with Gasteiger partial charge in [-0.05, 0) is 28.3 Å². The van der Waals surface area contributed by atoms with Crippen molar-refractivity contribution in [1.29, 1.82) is 0 Å². The number of carboxylic acid groups (broad SMARTS) is 1. The minimum atomic E-state index is -1.22. The molecule has 3 aromatic heterocycles. The third kappa shape index (κ3) is 6.25. The highest BCUT2D eigenvalue weighted by atomic mass is 32.2. The number of anilines is 1. The molecule has 0 saturated carbocycles. The molecule has 8 rings (SSSR count). The first-order valence-corrected chi connectivity index (χ1v) is 19.5. The van der Waals surface area contributed by atoms with E-state index in [0.717, 1.165) is 27.2 Å². The van der Waals surface area contributed by atoms with Gasteiger partial charge < -0.3 is 20.6 Å². The SMILES string of the molecule is CO/N=C(\C(=O)N[C@@H]1C(=O)N2C(C(=O)O)=C(/C=C/c3csc4cncn34)CS[C@H]12)c1csc(NC(c2ccccc2)(c2ccccc2)c2ccccc2)n1. The number of hydrogen-bond acceptors (Lipinski definition) is 11. The number of carboxylic acids is 1. The third-order valence-corrected chi connectivity index (χ3v) is 12.1. The molecule has 0 bridgehead atoms. The maximum atomic E-state index is 13.8. The van der Waals surface area contributed by atoms with Crippen molar-refractivity contribution in [2.24, 2.45) is 5.16 Å². The van der Waals surface area contributed by atoms with E-state index in [-0.39, 0.29) is 17.1 Å². The molecule has 0 aliphatic carbocycles. The molecule has 270 valence electrons. The lowest BCUT2D eigenvalue weighted by atomic mass is 9.77. The molecule has 15 heteroatoms. The molecule has 2 aliphatic heterocycles. The topological polar surface area (TPSA) is 151 Å². The van der Waals surface area contributed by atoms with E-state index >= 15 is 0 Å². The van der Waals surface area contributed by atoms with Crippen molar-refractivity contribution >= 4 is 74.0 Å². The number of aromatic nitrogens is 3. The second kappa shape index (κ2) is 14.8. The van der Waals surface area contributed by atoms with Crippen LogP contribution in [0.4, 0.5) is 5.13 Å². The molecule has 6 aromatic rings. The number of β-lactam (4-membered cyclic amide) rings is 1. The quantitative estimate of drug-likeness (QED) is 0.0584. The van der Waals surface area contributed by atoms with Crippen LogP contribution in [0.3, 0.4) is 0 Å². The van der Waals surface area contributed by atoms with Crippen molar-refractivity contribution in [1.82, 2.24) is 24.6 Å². The summed E-state index contributed by atoms with van der Waals surface area (Å²) >= 11 is 4.19. The average Bonchev–Trinajstić information content (AvgIpc) is 3.97. The average molecular weight is 774 g/mol. The molecule has 1 fully saturated rings. The molecule has 2 atom stereocenters. The summed E-state index contributed by atoms with van der Waals surface area (Å²) in [5.74, 6) is -2.12. The number of imidazole rings is 1. The Morgan fingerprint density at radius 2 is 1.59 bits per heavy atom. The van der Waals surface area contributed by atoms with Gasteiger partial charge in [-0.3, -0.25) is 18.9 Å². The Balaban J connectivity index is 1.04. The number of carbonyl (C=O) groups excluding carboxylic acids is 2. The van der Waals surface area contributed by atoms with E-state index in [1.807, 2.05) is 70.5 Å². The summed E-state index contributed by atoms with van der Waals surface area (Å²) in [6.07, 6.45) is 6.96. The van der Waals surface area contributed by atoms with E-state index < -0.39 is 34.7 Å². The molecule has 1 saturated heterocycles. The van der Waals surface area contributed by atoms with E-state index in [4.69, 9.17) is 9.82 Å². The smallest absolute Gasteiger partial charge is 0.352 e. The van der Waals surface area contributed by atoms with Crippen molar-refractivity contribution in [2.45, 2.75) is 17.0 Å². The molecule has 0 spiro atoms. The molecular formula is C39H31N7O5S3. The maximum Gasteiger partial charge on any atom is 0.352 e. The first kappa shape index (κ1) is 35.0. The number of rotatable bonds is 12. The Morgan fingerprint density at radius 3 is 2.20 bits per heavy atom. The molecule has 5 heterocycles. The summed E-state index contributed by atoms with van der Waals surface area (Å²) in [5, 5.41) is 24.2. The fourth-order valence-corrected chi connectivity index (χ4v) is 9.60. The first-order valence-electron chi connectivity index (χ1n) is 16.7. The third-order valence-electron chi connectivity index (χ3n) is 9.18. The molecule has 0 unspecified atom stereocenters. The lowest BCUT2D eigenvalue weighted by Gasteiger charge is -2.49. The van der Waals surface area contributed by atoms with Gasteiger partial charge in [0.05, 0.1) is 11.9 Å². The van der Waals surface area contributed by atoms with E-state index in [1.165, 1.54) is 46.4 Å². The minimum Gasteiger partial charge on any atom is -0.477 e. The predicted molar refractivity (Wildman–Crippen MR) is 210 cm³/mol. The number of nitrogens with one attached hydrogen (secondary N) is 2. The van der Waals surface area contributed by atoms with Crippen LogP contribution in [0.2, 0.25) is 0 Å². The van der Waals surface area contributed by atoms with Gasteiger partial charge >= 0.3 is 5.97 Å². The number of oxime groups is 1. The van der Waals surface area contributed by atoms with Crippen LogP contribution in [0.1, 0.15) is 28.1 Å². The summed E-state index contributed by atoms with van der Waals surface area (Å²) in [6.45, 7) is 0. The van der Waals surface area contributed by atoms with E-state index in [2.05, 4.69) is 57.2 Å². The van der Waals surface area contributed by atoms with Crippen LogP contribution in [0, 0.1) is 0 Å². The van der Waals surface area contributed by atoms with Crippen LogP contribution in [-0.2, 0) is 24.8 Å². The van der Waals surface area contributed by atoms with Crippen LogP contribution >= 0.6 is 34.4 Å². The Kier molecular flexibility index (Phi) is 9.58. The Bertz CT molecular complexity index is 2340. The normalized spacial score (nSPS) is 17.4. The van der Waals surface area contributed by atoms with Gasteiger partial charge in [-0.25, -0.2) is 14.8 Å². The number of aliphatic carboxylic acids is 1. The van der Waals surface area contributed by atoms with Crippen LogP contribution in [0.25, 0.3) is 10.9 Å². The van der Waals surface area contributed by atoms with Gasteiger partial charge in [-0.15, -0.1) is 34.4 Å². The number of nitrogens with zero attached hydrogens (tertiary/aromatic N) is 5. The van der Waals surface area contributed by atoms with Crippen molar-refractivity contribution in [3.05, 3.63) is 160 Å². The molecule has 2 aliphatic rings. The summed E-state index contributed by atoms with van der Waals surface area (Å²) in [4.78, 5) is 56.0. The van der Waals surface area contributed by atoms with E-state index in [1.54, 1.807) is 24.0 Å². The number of hydrogen-bond donors (Lipinski definition) is 3. The van der Waals surface area contributed by atoms with Gasteiger partial charge in [-0.1, -0.05) is 102 Å². The highest BCUT2D eigenvalue weighted by Gasteiger charge is 2.54. The zero-order valence-electron chi connectivity index (χ0n) is 28.5. The summed E-state index contributed by atoms with van der Waals surface area (Å²) in [6, 6.07) is 29.2. The monoisotopic (exact) mass is 773 g/mol. The van der Waals surface area contributed by atoms with Gasteiger partial charge in [-0.2, -0.15) is 0 Å². The van der Waals surface area contributed by atoms with Crippen molar-refractivity contribution in [2.75, 3.05) is 18.2 Å². The van der Waals surface area contributed by atoms with E-state index in [0.29, 0.717) is 16.5 Å². The molecule has 3 aromatic carbocycles. The molecule has 54 heavy (non-hydrogen) atoms. The zero-order chi connectivity index (χ0) is 37.2. The number of carbonyl (C=O) groups is 3. The van der Waals surface area contributed by atoms with Gasteiger partial charge in [0.1, 0.15) is 46.6 Å². The van der Waals surface area contributed by atoms with Crippen molar-refractivity contribution in [3.63, 3.8) is 0 Å². The highest BCUT2D eigenvalue weighted by Crippen LogP contribution is 2.42. The second-order valence-corrected chi connectivity index (χ2v) is 15.1. The number of fused-ring (bicyclic) bond motifs is 2. The van der Waals surface area contributed by atoms with Gasteiger partial charge in [0, 0.05) is 16.5 Å². The Labute approximate surface area is 321 Å². The number of amides is 2. The lowest BCUT2D eigenvalue weighted by molar-refractivity contribution is -0.150. The van der Waals surface area contributed by atoms with Crippen molar-refractivity contribution in [3.8, 4) is 0 Å². The van der Waals surface area contributed by atoms with Crippen LogP contribution < -0.4 is 10.6 Å². The summed E-state index contributed by atoms with van der Waals surface area (Å²) in [5.41, 5.74) is 3.43. The fourth-order valence-electron chi connectivity index (χ4n) is 6.70. The fraction of sp³-hybridized carbons (Fsp3) is 0.128. The van der Waals surface area contributed by atoms with Gasteiger partial charge in [0.15, 0.2) is 10.8 Å². The highest BCUT2D eigenvalue weighted by molar-refractivity contribution is 8.00. The number of allylic oxidation sites excluding steroid dienone is 1.